The van der Waals surface area contributed by atoms with E-state index >= 15 is 0 Å². The lowest BCUT2D eigenvalue weighted by Gasteiger charge is -2.21. The molecule has 1 aliphatic carbocycles. The van der Waals surface area contributed by atoms with Crippen LogP contribution in [0.25, 0.3) is 71.8 Å². The summed E-state index contributed by atoms with van der Waals surface area (Å²) < 4.78 is 101. The smallest absolute Gasteiger partial charge is 0.258 e. The molecular weight excluding hydrogens is 1990 g/mol. The Hall–Kier alpha value is -12.2. The van der Waals surface area contributed by atoms with E-state index in [0.717, 1.165) is 104 Å². The molecule has 9 heterocycles. The third kappa shape index (κ3) is 23.8. The van der Waals surface area contributed by atoms with Crippen LogP contribution in [-0.2, 0) is 18.4 Å². The van der Waals surface area contributed by atoms with Gasteiger partial charge in [0.15, 0.2) is 52.1 Å². The highest BCUT2D eigenvalue weighted by Crippen LogP contribution is 2.46. The van der Waals surface area contributed by atoms with Gasteiger partial charge in [0.1, 0.15) is 59.6 Å². The van der Waals surface area contributed by atoms with Gasteiger partial charge in [-0.15, -0.1) is 0 Å². The third-order valence-electron chi connectivity index (χ3n) is 22.9. The number of pyridine rings is 4. The van der Waals surface area contributed by atoms with E-state index in [1.807, 2.05) is 95.1 Å². The van der Waals surface area contributed by atoms with Gasteiger partial charge in [0.2, 0.25) is 5.91 Å². The Morgan fingerprint density at radius 3 is 1.36 bits per heavy atom. The van der Waals surface area contributed by atoms with Crippen LogP contribution in [0.4, 0.5) is 56.7 Å². The zero-order valence-corrected chi connectivity index (χ0v) is 83.5. The van der Waals surface area contributed by atoms with Crippen molar-refractivity contribution in [2.24, 2.45) is 7.05 Å². The summed E-state index contributed by atoms with van der Waals surface area (Å²) in [4.78, 5) is 47.9. The quantitative estimate of drug-likeness (QED) is 0.0245. The molecule has 139 heavy (non-hydrogen) atoms. The van der Waals surface area contributed by atoms with E-state index in [0.29, 0.717) is 89.5 Å². The van der Waals surface area contributed by atoms with Gasteiger partial charge in [-0.3, -0.25) is 4.79 Å². The first-order valence-corrected chi connectivity index (χ1v) is 47.1. The summed E-state index contributed by atoms with van der Waals surface area (Å²) in [6.45, 7) is 12.0. The lowest BCUT2D eigenvalue weighted by molar-refractivity contribution is -0.117. The number of carbonyl (C=O) groups excluding carboxylic acids is 1. The number of aromatic amines is 2. The molecule has 22 nitrogen and oxygen atoms in total. The number of hydrogen-bond acceptors (Lipinski definition) is 18. The van der Waals surface area contributed by atoms with Crippen molar-refractivity contribution in [2.45, 2.75) is 111 Å². The molecule has 0 bridgehead atoms. The number of allylic oxidation sites excluding steroid dienone is 2. The fourth-order valence-electron chi connectivity index (χ4n) is 15.9. The summed E-state index contributed by atoms with van der Waals surface area (Å²) in [6, 6.07) is 42.7. The molecule has 0 radical (unpaired) electrons. The number of nitrogen functional groups attached to an aromatic ring is 5. The van der Waals surface area contributed by atoms with Crippen LogP contribution >= 0.6 is 116 Å². The highest BCUT2D eigenvalue weighted by atomic mass is 35.5. The minimum atomic E-state index is -0.693. The molecule has 1 amide bonds. The molecule has 18 rings (SSSR count). The number of nitrogens with zero attached hydrogens (tertiary/aromatic N) is 9. The van der Waals surface area contributed by atoms with Gasteiger partial charge in [-0.1, -0.05) is 152 Å². The number of nitrogens with two attached hydrogens (primary N) is 5. The SMILES string of the molecule is CC(Oc1cc(-c2ccc3[nH]cc(CN(C)C)c3c2)cnc1N)c1c(Cl)ccc(F)c1Cl.CC(Oc1cc(-c2ccc3c(ccn3C)c2)cnc1N)c1c(Cl)ccc(F)c1Cl.CC(Oc1cc(C2=CCCC2)cnc1N)c1c(Cl)ccc(F)c1Cl.CC(Oc1cc(N2CCCC2=O)cnc1N)c1c(Cl)ccc(F)c1Cl.Cc1cc2cccc(-c3cnc(N)c(OC(C)c4c(Cl)ccc(F)c4Cl)n3)c2[nH]1. The summed E-state index contributed by atoms with van der Waals surface area (Å²) in [5.41, 5.74) is 44.9. The Labute approximate surface area is 847 Å². The summed E-state index contributed by atoms with van der Waals surface area (Å²) in [5.74, 6) is -0.229. The molecule has 8 aromatic heterocycles. The van der Waals surface area contributed by atoms with Crippen LogP contribution < -0.4 is 57.3 Å². The van der Waals surface area contributed by atoms with Crippen molar-refractivity contribution < 1.29 is 50.4 Å². The molecule has 1 saturated heterocycles. The largest absolute Gasteiger partial charge is 0.482 e. The summed E-state index contributed by atoms with van der Waals surface area (Å²) in [6.07, 6.45) is 15.8. The number of nitrogens with one attached hydrogen (secondary N) is 2. The average Bonchev–Trinajstić information content (AvgIpc) is 1.71. The van der Waals surface area contributed by atoms with Crippen LogP contribution in [0.2, 0.25) is 50.2 Å². The number of halogens is 15. The molecule has 12 N–H and O–H groups in total. The molecule has 1 fully saturated rings. The summed E-state index contributed by atoms with van der Waals surface area (Å²) in [7, 11) is 6.08. The van der Waals surface area contributed by atoms with E-state index in [2.05, 4.69) is 85.7 Å². The van der Waals surface area contributed by atoms with E-state index < -0.39 is 59.6 Å². The first-order chi connectivity index (χ1) is 66.3. The fourth-order valence-corrected chi connectivity index (χ4v) is 19.3. The molecule has 5 unspecified atom stereocenters. The molecule has 37 heteroatoms. The van der Waals surface area contributed by atoms with E-state index in [-0.39, 0.29) is 76.8 Å². The van der Waals surface area contributed by atoms with Crippen molar-refractivity contribution in [2.75, 3.05) is 54.2 Å². The van der Waals surface area contributed by atoms with Gasteiger partial charge < -0.3 is 76.7 Å². The monoisotopic (exact) mass is 2080 g/mol. The van der Waals surface area contributed by atoms with Crippen LogP contribution in [0, 0.1) is 36.0 Å². The van der Waals surface area contributed by atoms with Crippen LogP contribution in [0.1, 0.15) is 142 Å². The predicted molar refractivity (Wildman–Crippen MR) is 550 cm³/mol. The van der Waals surface area contributed by atoms with E-state index in [4.69, 9.17) is 168 Å². The topological polar surface area (TPSA) is 314 Å². The van der Waals surface area contributed by atoms with Gasteiger partial charge in [-0.2, -0.15) is 0 Å². The van der Waals surface area contributed by atoms with Crippen LogP contribution in [0.5, 0.6) is 28.9 Å². The zero-order chi connectivity index (χ0) is 99.8. The number of carbonyl (C=O) groups is 1. The van der Waals surface area contributed by atoms with Crippen LogP contribution in [0.3, 0.4) is 0 Å². The molecular formula is C102H91Cl10F5N16O6. The van der Waals surface area contributed by atoms with Gasteiger partial charge in [0.25, 0.3) is 5.88 Å². The number of hydrogen-bond donors (Lipinski definition) is 7. The average molecular weight is 2090 g/mol. The number of ether oxygens (including phenoxy) is 5. The Morgan fingerprint density at radius 2 is 0.899 bits per heavy atom. The number of benzene rings is 8. The first-order valence-electron chi connectivity index (χ1n) is 43.3. The minimum Gasteiger partial charge on any atom is -0.482 e. The molecule has 0 spiro atoms. The van der Waals surface area contributed by atoms with E-state index in [1.54, 1.807) is 70.4 Å². The fraction of sp³-hybridized carbons (Fsp3) is 0.206. The lowest BCUT2D eigenvalue weighted by Crippen LogP contribution is -2.24. The maximum absolute atomic E-state index is 13.9. The van der Waals surface area contributed by atoms with Gasteiger partial charge in [-0.05, 0) is 224 Å². The predicted octanol–water partition coefficient (Wildman–Crippen LogP) is 29.2. The van der Waals surface area contributed by atoms with Gasteiger partial charge in [0.05, 0.1) is 54.4 Å². The number of aromatic nitrogens is 9. The Balaban J connectivity index is 0.000000139. The van der Waals surface area contributed by atoms with Crippen molar-refractivity contribution >= 4 is 195 Å². The highest BCUT2D eigenvalue weighted by Gasteiger charge is 2.30. The van der Waals surface area contributed by atoms with Crippen molar-refractivity contribution in [3.05, 3.63) is 325 Å². The second-order valence-electron chi connectivity index (χ2n) is 32.9. The van der Waals surface area contributed by atoms with Crippen molar-refractivity contribution in [3.8, 4) is 62.4 Å². The normalized spacial score (nSPS) is 13.4. The number of rotatable bonds is 22. The summed E-state index contributed by atoms with van der Waals surface area (Å²) in [5, 5.41) is 4.50. The molecule has 2 aliphatic rings. The highest BCUT2D eigenvalue weighted by molar-refractivity contribution is 6.38. The Kier molecular flexibility index (Phi) is 33.2. The summed E-state index contributed by atoms with van der Waals surface area (Å²) >= 11 is 61.3. The molecule has 720 valence electrons. The Bertz CT molecular complexity index is 7340. The van der Waals surface area contributed by atoms with Crippen molar-refractivity contribution in [1.29, 1.82) is 0 Å². The molecule has 0 saturated carbocycles. The van der Waals surface area contributed by atoms with Gasteiger partial charge in [0, 0.05) is 166 Å². The van der Waals surface area contributed by atoms with Crippen molar-refractivity contribution in [1.82, 2.24) is 49.3 Å². The first kappa shape index (κ1) is 103. The van der Waals surface area contributed by atoms with Crippen LogP contribution in [-0.4, -0.2) is 75.9 Å². The Morgan fingerprint density at radius 1 is 0.460 bits per heavy atom. The number of aryl methyl sites for hydroxylation is 2. The maximum Gasteiger partial charge on any atom is 0.258 e. The van der Waals surface area contributed by atoms with Gasteiger partial charge in [-0.25, -0.2) is 51.9 Å². The van der Waals surface area contributed by atoms with E-state index in [9.17, 15) is 26.7 Å². The number of amides is 1. The van der Waals surface area contributed by atoms with E-state index in [1.165, 1.54) is 78.0 Å². The number of H-pyrrole nitrogens is 2. The molecule has 8 aromatic carbocycles. The lowest BCUT2D eigenvalue weighted by atomic mass is 10.0. The number of fused-ring (bicyclic) bond motifs is 3. The zero-order valence-electron chi connectivity index (χ0n) is 75.9. The van der Waals surface area contributed by atoms with Crippen LogP contribution in [0.15, 0.2) is 201 Å². The standard InChI is InChI=1S/C24H23Cl2FN4O.C22H18Cl2FN3O.C21H17Cl2FN4O.C18H17Cl2FN2O.C17H16Cl2FN3O2/c1-13(22-18(25)5-6-19(27)23(22)26)32-21-9-15(10-30-24(21)28)14-4-7-20-17(8-14)16(11-29-20)12-31(2)3;1-12(20-16(23)4-5-17(25)21(20)24)29-19-10-15(11-27-22(19)26)13-3-6-18-14(9-13)7-8-28(18)2;1-10-8-12-4-3-5-13(19(12)27-10)16-9-26-20(25)21(28-16)29-11(2)17-14(22)6-7-15(24)18(17)23;1-10(16-13(19)6-7-14(21)17(16)20)24-15-8-12(9-23-18(15)22)11-4-2-3-5-11;1-9(15-11(18)4-5-12(20)16(15)19)25-13-7-10(8-22-17(13)21)23-6-2-3-14(23)24/h4-11,13,29H,12H2,1-3H3,(H2,28,30);3-12H,1-2H3,(H2,26,27);3-9,11,27H,1-2H3,(H2,25,26);4,6-10H,2-3,5H2,1H3,(H2,22,23);4-5,7-9H,2-3,6H2,1H3,(H2,21,22). The minimum absolute atomic E-state index is 0.0294. The third-order valence-corrected chi connectivity index (χ3v) is 26.5. The van der Waals surface area contributed by atoms with Gasteiger partial charge >= 0.3 is 0 Å². The molecule has 1 aliphatic heterocycles. The number of para-hydroxylation sites is 1. The number of anilines is 6. The molecule has 5 atom stereocenters. The van der Waals surface area contributed by atoms with Crippen molar-refractivity contribution in [3.63, 3.8) is 0 Å². The maximum atomic E-state index is 13.9. The molecule has 16 aromatic rings. The second-order valence-corrected chi connectivity index (χ2v) is 36.9. The second kappa shape index (κ2) is 44.9.